The molecule has 0 heterocycles. The van der Waals surface area contributed by atoms with E-state index < -0.39 is 0 Å². The molecular weight excluding hydrogens is 373 g/mol. The first-order valence-electron chi connectivity index (χ1n) is 8.74. The number of aliphatic hydroxyl groups is 1. The van der Waals surface area contributed by atoms with E-state index >= 15 is 0 Å². The molecule has 0 saturated carbocycles. The van der Waals surface area contributed by atoms with Gasteiger partial charge in [0.05, 0.1) is 18.2 Å². The zero-order valence-electron chi connectivity index (χ0n) is 15.1. The van der Waals surface area contributed by atoms with Crippen LogP contribution >= 0.6 is 23.2 Å². The number of benzene rings is 2. The zero-order valence-corrected chi connectivity index (χ0v) is 16.6. The largest absolute Gasteiger partial charge is 0.490 e. The van der Waals surface area contributed by atoms with Gasteiger partial charge in [0.25, 0.3) is 0 Å². The van der Waals surface area contributed by atoms with E-state index in [9.17, 15) is 5.11 Å². The normalized spacial score (nSPS) is 12.0. The fourth-order valence-electron chi connectivity index (χ4n) is 2.46. The second kappa shape index (κ2) is 10.6. The minimum Gasteiger partial charge on any atom is -0.490 e. The molecule has 2 aromatic rings. The smallest absolute Gasteiger partial charge is 0.180 e. The third-order valence-corrected chi connectivity index (χ3v) is 4.51. The standard InChI is InChI=1S/C20H25Cl2NO3/c1-3-17(12-24)23-11-15-9-18(22)20(19(10-15)25-4-2)26-13-14-5-7-16(21)8-6-14/h5-10,17,23-24H,3-4,11-13H2,1-2H3/t17-/m0/s1. The predicted molar refractivity (Wildman–Crippen MR) is 106 cm³/mol. The van der Waals surface area contributed by atoms with E-state index in [0.29, 0.717) is 41.3 Å². The van der Waals surface area contributed by atoms with Gasteiger partial charge in [-0.3, -0.25) is 0 Å². The molecule has 0 aliphatic carbocycles. The molecule has 0 radical (unpaired) electrons. The minimum absolute atomic E-state index is 0.0603. The maximum absolute atomic E-state index is 9.30. The van der Waals surface area contributed by atoms with Crippen LogP contribution in [0.1, 0.15) is 31.4 Å². The highest BCUT2D eigenvalue weighted by atomic mass is 35.5. The number of hydrogen-bond donors (Lipinski definition) is 2. The van der Waals surface area contributed by atoms with Gasteiger partial charge in [0.1, 0.15) is 6.61 Å². The molecule has 0 spiro atoms. The maximum atomic E-state index is 9.30. The number of halogens is 2. The van der Waals surface area contributed by atoms with E-state index in [4.69, 9.17) is 32.7 Å². The van der Waals surface area contributed by atoms with Crippen molar-refractivity contribution in [3.8, 4) is 11.5 Å². The Hall–Kier alpha value is -1.46. The Morgan fingerprint density at radius 2 is 1.77 bits per heavy atom. The number of hydrogen-bond acceptors (Lipinski definition) is 4. The maximum Gasteiger partial charge on any atom is 0.180 e. The van der Waals surface area contributed by atoms with Crippen molar-refractivity contribution in [3.63, 3.8) is 0 Å². The van der Waals surface area contributed by atoms with Crippen LogP contribution in [0.5, 0.6) is 11.5 Å². The monoisotopic (exact) mass is 397 g/mol. The van der Waals surface area contributed by atoms with Crippen molar-refractivity contribution >= 4 is 23.2 Å². The van der Waals surface area contributed by atoms with Crippen LogP contribution in [0.15, 0.2) is 36.4 Å². The summed E-state index contributed by atoms with van der Waals surface area (Å²) in [5, 5.41) is 13.8. The number of aliphatic hydroxyl groups excluding tert-OH is 1. The molecule has 0 fully saturated rings. The molecule has 0 aliphatic heterocycles. The lowest BCUT2D eigenvalue weighted by Crippen LogP contribution is -2.31. The van der Waals surface area contributed by atoms with Crippen LogP contribution < -0.4 is 14.8 Å². The van der Waals surface area contributed by atoms with Gasteiger partial charge in [-0.1, -0.05) is 42.3 Å². The van der Waals surface area contributed by atoms with Crippen LogP contribution in [0.4, 0.5) is 0 Å². The fourth-order valence-corrected chi connectivity index (χ4v) is 2.88. The summed E-state index contributed by atoms with van der Waals surface area (Å²) in [6.45, 7) is 5.53. The van der Waals surface area contributed by atoms with Crippen molar-refractivity contribution in [2.24, 2.45) is 0 Å². The van der Waals surface area contributed by atoms with Crippen molar-refractivity contribution < 1.29 is 14.6 Å². The molecule has 0 bridgehead atoms. The van der Waals surface area contributed by atoms with Crippen molar-refractivity contribution in [2.45, 2.75) is 39.5 Å². The summed E-state index contributed by atoms with van der Waals surface area (Å²) in [6.07, 6.45) is 0.852. The molecule has 2 N–H and O–H groups in total. The third kappa shape index (κ3) is 6.06. The van der Waals surface area contributed by atoms with Crippen molar-refractivity contribution in [1.82, 2.24) is 5.32 Å². The van der Waals surface area contributed by atoms with Gasteiger partial charge >= 0.3 is 0 Å². The Balaban J connectivity index is 2.13. The quantitative estimate of drug-likeness (QED) is 0.602. The molecule has 142 valence electrons. The molecule has 0 aliphatic rings. The van der Waals surface area contributed by atoms with E-state index in [0.717, 1.165) is 17.5 Å². The first-order valence-corrected chi connectivity index (χ1v) is 9.49. The summed E-state index contributed by atoms with van der Waals surface area (Å²) >= 11 is 12.3. The highest BCUT2D eigenvalue weighted by Crippen LogP contribution is 2.37. The lowest BCUT2D eigenvalue weighted by Gasteiger charge is -2.17. The van der Waals surface area contributed by atoms with Crippen LogP contribution in [0, 0.1) is 0 Å². The fraction of sp³-hybridized carbons (Fsp3) is 0.400. The van der Waals surface area contributed by atoms with E-state index in [1.807, 2.05) is 50.2 Å². The number of ether oxygens (including phenoxy) is 2. The molecule has 0 unspecified atom stereocenters. The first kappa shape index (κ1) is 20.8. The van der Waals surface area contributed by atoms with Gasteiger partial charge in [0.15, 0.2) is 11.5 Å². The lowest BCUT2D eigenvalue weighted by atomic mass is 10.1. The molecule has 26 heavy (non-hydrogen) atoms. The Labute approximate surface area is 165 Å². The minimum atomic E-state index is 0.0603. The van der Waals surface area contributed by atoms with Crippen molar-refractivity contribution in [1.29, 1.82) is 0 Å². The van der Waals surface area contributed by atoms with Crippen LogP contribution in [-0.2, 0) is 13.2 Å². The SMILES string of the molecule is CCOc1cc(CN[C@@H](CC)CO)cc(Cl)c1OCc1ccc(Cl)cc1. The van der Waals surface area contributed by atoms with E-state index in [1.165, 1.54) is 0 Å². The van der Waals surface area contributed by atoms with Gasteiger partial charge in [-0.25, -0.2) is 0 Å². The van der Waals surface area contributed by atoms with Crippen LogP contribution in [0.2, 0.25) is 10.0 Å². The molecule has 2 aromatic carbocycles. The van der Waals surface area contributed by atoms with Crippen molar-refractivity contribution in [2.75, 3.05) is 13.2 Å². The zero-order chi connectivity index (χ0) is 18.9. The van der Waals surface area contributed by atoms with E-state index in [2.05, 4.69) is 5.32 Å². The Bertz CT molecular complexity index is 688. The van der Waals surface area contributed by atoms with Gasteiger partial charge in [0.2, 0.25) is 0 Å². The van der Waals surface area contributed by atoms with Crippen molar-refractivity contribution in [3.05, 3.63) is 57.6 Å². The van der Waals surface area contributed by atoms with Gasteiger partial charge in [-0.2, -0.15) is 0 Å². The Morgan fingerprint density at radius 1 is 1.04 bits per heavy atom. The van der Waals surface area contributed by atoms with Gasteiger partial charge in [-0.05, 0) is 48.7 Å². The second-order valence-corrected chi connectivity index (χ2v) is 6.77. The van der Waals surface area contributed by atoms with Gasteiger partial charge in [0, 0.05) is 17.6 Å². The first-order chi connectivity index (χ1) is 12.6. The molecule has 2 rings (SSSR count). The Morgan fingerprint density at radius 3 is 2.38 bits per heavy atom. The summed E-state index contributed by atoms with van der Waals surface area (Å²) in [5.74, 6) is 1.14. The average Bonchev–Trinajstić information content (AvgIpc) is 2.63. The van der Waals surface area contributed by atoms with E-state index in [-0.39, 0.29) is 12.6 Å². The predicted octanol–water partition coefficient (Wildman–Crippen LogP) is 4.83. The Kier molecular flexibility index (Phi) is 8.52. The average molecular weight is 398 g/mol. The lowest BCUT2D eigenvalue weighted by molar-refractivity contribution is 0.238. The molecule has 4 nitrogen and oxygen atoms in total. The van der Waals surface area contributed by atoms with Crippen LogP contribution in [0.25, 0.3) is 0 Å². The summed E-state index contributed by atoms with van der Waals surface area (Å²) in [7, 11) is 0. The number of rotatable bonds is 10. The summed E-state index contributed by atoms with van der Waals surface area (Å²) < 4.78 is 11.6. The topological polar surface area (TPSA) is 50.7 Å². The highest BCUT2D eigenvalue weighted by Gasteiger charge is 2.14. The molecule has 0 aromatic heterocycles. The number of nitrogens with one attached hydrogen (secondary N) is 1. The summed E-state index contributed by atoms with van der Waals surface area (Å²) in [4.78, 5) is 0. The van der Waals surface area contributed by atoms with Gasteiger partial charge in [-0.15, -0.1) is 0 Å². The summed E-state index contributed by atoms with van der Waals surface area (Å²) in [5.41, 5.74) is 1.97. The molecule has 0 amide bonds. The molecule has 6 heteroatoms. The van der Waals surface area contributed by atoms with Crippen LogP contribution in [-0.4, -0.2) is 24.4 Å². The highest BCUT2D eigenvalue weighted by molar-refractivity contribution is 6.32. The molecular formula is C20H25Cl2NO3. The summed E-state index contributed by atoms with van der Waals surface area (Å²) in [6, 6.07) is 11.3. The van der Waals surface area contributed by atoms with Gasteiger partial charge < -0.3 is 19.9 Å². The van der Waals surface area contributed by atoms with Crippen LogP contribution in [0.3, 0.4) is 0 Å². The molecule has 1 atom stereocenters. The third-order valence-electron chi connectivity index (χ3n) is 3.97. The van der Waals surface area contributed by atoms with E-state index in [1.54, 1.807) is 0 Å². The second-order valence-electron chi connectivity index (χ2n) is 5.92. The molecule has 0 saturated heterocycles.